The number of nitrogens with zero attached hydrogens (tertiary/aromatic N) is 4. The largest absolute Gasteiger partial charge is 0.292 e. The molecule has 144 valence electrons. The predicted octanol–water partition coefficient (Wildman–Crippen LogP) is 3.14. The Labute approximate surface area is 171 Å². The van der Waals surface area contributed by atoms with Crippen LogP contribution in [-0.4, -0.2) is 21.9 Å². The molecule has 1 heterocycles. The van der Waals surface area contributed by atoms with Gasteiger partial charge in [-0.05, 0) is 43.7 Å². The zero-order chi connectivity index (χ0) is 21.0. The number of hydrogen-bond acceptors (Lipinski definition) is 5. The highest BCUT2D eigenvalue weighted by Crippen LogP contribution is 2.14. The summed E-state index contributed by atoms with van der Waals surface area (Å²) in [5.41, 5.74) is 3.98. The maximum absolute atomic E-state index is 12.6. The van der Waals surface area contributed by atoms with E-state index in [-0.39, 0.29) is 16.8 Å². The summed E-state index contributed by atoms with van der Waals surface area (Å²) in [6.45, 7) is 3.45. The molecule has 0 atom stereocenters. The van der Waals surface area contributed by atoms with Crippen LogP contribution in [0.25, 0.3) is 5.69 Å². The van der Waals surface area contributed by atoms with Gasteiger partial charge in [-0.25, -0.2) is 5.43 Å². The molecule has 0 fully saturated rings. The number of benzene rings is 2. The van der Waals surface area contributed by atoms with E-state index in [1.165, 1.54) is 13.1 Å². The van der Waals surface area contributed by atoms with Crippen molar-refractivity contribution in [3.63, 3.8) is 0 Å². The van der Waals surface area contributed by atoms with E-state index >= 15 is 0 Å². The van der Waals surface area contributed by atoms with Gasteiger partial charge in [-0.2, -0.15) is 20.1 Å². The van der Waals surface area contributed by atoms with Crippen LogP contribution in [0, 0.1) is 25.2 Å². The summed E-state index contributed by atoms with van der Waals surface area (Å²) >= 11 is 5.88. The number of rotatable bonds is 4. The maximum atomic E-state index is 12.6. The van der Waals surface area contributed by atoms with Crippen LogP contribution in [0.15, 0.2) is 58.4 Å². The molecule has 0 aliphatic rings. The molecule has 1 N–H and O–H groups in total. The number of nitrogens with one attached hydrogen (secondary N) is 1. The number of halogens is 1. The van der Waals surface area contributed by atoms with Gasteiger partial charge in [0.25, 0.3) is 11.5 Å². The quantitative estimate of drug-likeness (QED) is 0.532. The van der Waals surface area contributed by atoms with Crippen molar-refractivity contribution >= 4 is 23.7 Å². The molecule has 0 saturated heterocycles. The minimum absolute atomic E-state index is 0.0718. The van der Waals surface area contributed by atoms with Crippen molar-refractivity contribution in [3.8, 4) is 11.8 Å². The molecule has 0 aliphatic heterocycles. The van der Waals surface area contributed by atoms with Crippen LogP contribution in [0.5, 0.6) is 0 Å². The molecule has 0 unspecified atom stereocenters. The topological polar surface area (TPSA) is 100 Å². The summed E-state index contributed by atoms with van der Waals surface area (Å²) in [5.74, 6) is -0.634. The zero-order valence-electron chi connectivity index (χ0n) is 15.7. The molecule has 0 aliphatic carbocycles. The van der Waals surface area contributed by atoms with Gasteiger partial charge in [-0.15, -0.1) is 0 Å². The molecule has 2 aromatic carbocycles. The van der Waals surface area contributed by atoms with Crippen LogP contribution in [0.4, 0.5) is 0 Å². The molecule has 7 nitrogen and oxygen atoms in total. The third-order valence-corrected chi connectivity index (χ3v) is 4.41. The molecule has 0 bridgehead atoms. The van der Waals surface area contributed by atoms with Crippen molar-refractivity contribution < 1.29 is 4.79 Å². The van der Waals surface area contributed by atoms with Gasteiger partial charge < -0.3 is 0 Å². The number of carbonyl (C=O) groups excluding carboxylic acids is 1. The number of hydrazone groups is 1. The average Bonchev–Trinajstić information content (AvgIpc) is 2.69. The molecule has 0 spiro atoms. The van der Waals surface area contributed by atoms with E-state index in [0.717, 1.165) is 15.8 Å². The third kappa shape index (κ3) is 4.39. The van der Waals surface area contributed by atoms with Crippen molar-refractivity contribution in [1.82, 2.24) is 15.2 Å². The Morgan fingerprint density at radius 2 is 1.97 bits per heavy atom. The second-order valence-corrected chi connectivity index (χ2v) is 6.70. The number of carbonyl (C=O) groups is 1. The van der Waals surface area contributed by atoms with Gasteiger partial charge in [0, 0.05) is 10.6 Å². The molecule has 3 aromatic rings. The Balaban J connectivity index is 1.96. The average molecular weight is 406 g/mol. The normalized spacial score (nSPS) is 10.7. The standard InChI is InChI=1S/C21H16ClN5O2/c1-13-4-3-5-15(10-13)12-24-25-20(28)19-14(2)18(11-23)21(29)27(26-19)17-8-6-16(22)7-9-17/h3-10,12H,1-2H3,(H,25,28)/b24-12+. The molecule has 3 rings (SSSR count). The van der Waals surface area contributed by atoms with Crippen molar-refractivity contribution in [2.45, 2.75) is 13.8 Å². The van der Waals surface area contributed by atoms with Crippen LogP contribution in [0.1, 0.15) is 32.7 Å². The molecule has 0 saturated carbocycles. The van der Waals surface area contributed by atoms with E-state index in [1.54, 1.807) is 24.3 Å². The summed E-state index contributed by atoms with van der Waals surface area (Å²) in [6, 6.07) is 15.8. The van der Waals surface area contributed by atoms with Gasteiger partial charge in [0.1, 0.15) is 11.6 Å². The summed E-state index contributed by atoms with van der Waals surface area (Å²) in [7, 11) is 0. The first-order valence-corrected chi connectivity index (χ1v) is 8.98. The van der Waals surface area contributed by atoms with Crippen LogP contribution in [0.2, 0.25) is 5.02 Å². The fourth-order valence-corrected chi connectivity index (χ4v) is 2.80. The van der Waals surface area contributed by atoms with E-state index in [0.29, 0.717) is 10.7 Å². The van der Waals surface area contributed by atoms with Crippen molar-refractivity contribution in [1.29, 1.82) is 5.26 Å². The number of nitriles is 1. The van der Waals surface area contributed by atoms with E-state index in [9.17, 15) is 14.9 Å². The van der Waals surface area contributed by atoms with Gasteiger partial charge in [0.05, 0.1) is 11.9 Å². The molecule has 1 aromatic heterocycles. The fourth-order valence-electron chi connectivity index (χ4n) is 2.68. The molecule has 8 heteroatoms. The Bertz CT molecular complexity index is 1210. The van der Waals surface area contributed by atoms with E-state index in [4.69, 9.17) is 11.6 Å². The van der Waals surface area contributed by atoms with Gasteiger partial charge >= 0.3 is 0 Å². The number of amides is 1. The predicted molar refractivity (Wildman–Crippen MR) is 111 cm³/mol. The lowest BCUT2D eigenvalue weighted by Gasteiger charge is -2.10. The minimum Gasteiger partial charge on any atom is -0.266 e. The third-order valence-electron chi connectivity index (χ3n) is 4.16. The summed E-state index contributed by atoms with van der Waals surface area (Å²) in [5, 5.41) is 18.0. The van der Waals surface area contributed by atoms with Crippen molar-refractivity contribution in [2.24, 2.45) is 5.10 Å². The lowest BCUT2D eigenvalue weighted by Crippen LogP contribution is -2.31. The lowest BCUT2D eigenvalue weighted by molar-refractivity contribution is 0.0947. The van der Waals surface area contributed by atoms with Gasteiger partial charge in [-0.1, -0.05) is 41.4 Å². The van der Waals surface area contributed by atoms with Crippen molar-refractivity contribution in [3.05, 3.63) is 91.9 Å². The first-order chi connectivity index (χ1) is 13.9. The zero-order valence-corrected chi connectivity index (χ0v) is 16.4. The van der Waals surface area contributed by atoms with Crippen LogP contribution < -0.4 is 11.0 Å². The highest BCUT2D eigenvalue weighted by atomic mass is 35.5. The smallest absolute Gasteiger partial charge is 0.266 e. The SMILES string of the molecule is Cc1cccc(/C=N/NC(=O)c2nn(-c3ccc(Cl)cc3)c(=O)c(C#N)c2C)c1. The Hall–Kier alpha value is -3.76. The Morgan fingerprint density at radius 3 is 2.62 bits per heavy atom. The van der Waals surface area contributed by atoms with E-state index < -0.39 is 11.5 Å². The number of hydrogen-bond donors (Lipinski definition) is 1. The highest BCUT2D eigenvalue weighted by molar-refractivity contribution is 6.30. The molecule has 29 heavy (non-hydrogen) atoms. The van der Waals surface area contributed by atoms with Crippen molar-refractivity contribution in [2.75, 3.05) is 0 Å². The summed E-state index contributed by atoms with van der Waals surface area (Å²) in [6.07, 6.45) is 1.50. The molecule has 0 radical (unpaired) electrons. The molecular weight excluding hydrogens is 390 g/mol. The lowest BCUT2D eigenvalue weighted by atomic mass is 10.1. The minimum atomic E-state index is -0.634. The number of aryl methyl sites for hydroxylation is 1. The second-order valence-electron chi connectivity index (χ2n) is 6.27. The van der Waals surface area contributed by atoms with Crippen LogP contribution in [-0.2, 0) is 0 Å². The molecule has 1 amide bonds. The summed E-state index contributed by atoms with van der Waals surface area (Å²) < 4.78 is 1.00. The maximum Gasteiger partial charge on any atom is 0.292 e. The van der Waals surface area contributed by atoms with Crippen LogP contribution >= 0.6 is 11.6 Å². The van der Waals surface area contributed by atoms with Gasteiger partial charge in [0.2, 0.25) is 0 Å². The fraction of sp³-hybridized carbons (Fsp3) is 0.0952. The monoisotopic (exact) mass is 405 g/mol. The van der Waals surface area contributed by atoms with E-state index in [1.807, 2.05) is 37.3 Å². The first-order valence-electron chi connectivity index (χ1n) is 8.60. The molecular formula is C21H16ClN5O2. The Morgan fingerprint density at radius 1 is 1.24 bits per heavy atom. The van der Waals surface area contributed by atoms with E-state index in [2.05, 4.69) is 15.6 Å². The van der Waals surface area contributed by atoms with Gasteiger partial charge in [0.15, 0.2) is 5.69 Å². The first kappa shape index (κ1) is 20.0. The number of aromatic nitrogens is 2. The second kappa shape index (κ2) is 8.50. The summed E-state index contributed by atoms with van der Waals surface area (Å²) in [4.78, 5) is 25.2. The van der Waals surface area contributed by atoms with Gasteiger partial charge in [-0.3, -0.25) is 9.59 Å². The highest BCUT2D eigenvalue weighted by Gasteiger charge is 2.20. The Kier molecular flexibility index (Phi) is 5.86. The van der Waals surface area contributed by atoms with Crippen LogP contribution in [0.3, 0.4) is 0 Å².